The minimum absolute atomic E-state index is 0.0217. The maximum Gasteiger partial charge on any atom is 0.266 e. The van der Waals surface area contributed by atoms with Crippen LogP contribution in [0.3, 0.4) is 0 Å². The number of rotatable bonds is 9. The summed E-state index contributed by atoms with van der Waals surface area (Å²) < 4.78 is 32.8. The van der Waals surface area contributed by atoms with Crippen molar-refractivity contribution in [3.05, 3.63) is 70.6 Å². The van der Waals surface area contributed by atoms with Gasteiger partial charge in [0.1, 0.15) is 10.1 Å². The lowest BCUT2D eigenvalue weighted by molar-refractivity contribution is -0.122. The molecule has 0 saturated carbocycles. The van der Waals surface area contributed by atoms with Crippen LogP contribution in [0.5, 0.6) is 5.75 Å². The van der Waals surface area contributed by atoms with Crippen LogP contribution in [0.15, 0.2) is 69.9 Å². The third-order valence-corrected chi connectivity index (χ3v) is 8.50. The van der Waals surface area contributed by atoms with Gasteiger partial charge in [-0.05, 0) is 48.0 Å². The van der Waals surface area contributed by atoms with Crippen molar-refractivity contribution >= 4 is 78.4 Å². The molecule has 2 N–H and O–H groups in total. The zero-order valence-electron chi connectivity index (χ0n) is 18.8. The highest BCUT2D eigenvalue weighted by molar-refractivity contribution is 8.26. The van der Waals surface area contributed by atoms with Crippen molar-refractivity contribution in [3.8, 4) is 5.75 Å². The normalized spacial score (nSPS) is 14.8. The largest absolute Gasteiger partial charge is 0.497 e. The molecule has 186 valence electrons. The zero-order valence-corrected chi connectivity index (χ0v) is 22.1. The average Bonchev–Trinajstić information content (AvgIpc) is 3.45. The van der Waals surface area contributed by atoms with Crippen LogP contribution in [0, 0.1) is 0 Å². The number of hydrogen-bond donors (Lipinski definition) is 2. The molecule has 4 rings (SSSR count). The SMILES string of the molecule is COc1ccc(/C=C2/SC(=S)N(CCC(=O)Nc3ccc(S(=O)(=O)Nc4nccs4)cc3)C2=O)cc1. The van der Waals surface area contributed by atoms with E-state index in [1.807, 2.05) is 12.1 Å². The van der Waals surface area contributed by atoms with E-state index < -0.39 is 10.0 Å². The number of ether oxygens (including phenoxy) is 1. The lowest BCUT2D eigenvalue weighted by Crippen LogP contribution is -2.31. The Kier molecular flexibility index (Phi) is 8.04. The van der Waals surface area contributed by atoms with Gasteiger partial charge in [-0.1, -0.05) is 36.1 Å². The molecule has 2 heterocycles. The van der Waals surface area contributed by atoms with Crippen LogP contribution in [0.2, 0.25) is 0 Å². The van der Waals surface area contributed by atoms with E-state index in [0.717, 1.165) is 5.56 Å². The number of nitrogens with zero attached hydrogens (tertiary/aromatic N) is 2. The smallest absolute Gasteiger partial charge is 0.266 e. The molecule has 1 aromatic heterocycles. The second kappa shape index (κ2) is 11.2. The summed E-state index contributed by atoms with van der Waals surface area (Å²) in [6.07, 6.45) is 3.27. The van der Waals surface area contributed by atoms with Gasteiger partial charge in [0.25, 0.3) is 15.9 Å². The van der Waals surface area contributed by atoms with Crippen LogP contribution in [-0.2, 0) is 19.6 Å². The number of benzene rings is 2. The maximum atomic E-state index is 12.8. The van der Waals surface area contributed by atoms with Crippen molar-refractivity contribution in [1.29, 1.82) is 0 Å². The van der Waals surface area contributed by atoms with E-state index in [0.29, 0.717) is 20.7 Å². The zero-order chi connectivity index (χ0) is 25.7. The number of thiazole rings is 1. The highest BCUT2D eigenvalue weighted by Gasteiger charge is 2.32. The van der Waals surface area contributed by atoms with Crippen LogP contribution < -0.4 is 14.8 Å². The number of methoxy groups -OCH3 is 1. The highest BCUT2D eigenvalue weighted by Crippen LogP contribution is 2.33. The Hall–Kier alpha value is -3.26. The van der Waals surface area contributed by atoms with E-state index in [9.17, 15) is 18.0 Å². The van der Waals surface area contributed by atoms with Gasteiger partial charge in [0.05, 0.1) is 16.9 Å². The molecule has 3 aromatic rings. The number of amides is 2. The molecule has 1 aliphatic rings. The second-order valence-electron chi connectivity index (χ2n) is 7.37. The molecular weight excluding hydrogens is 541 g/mol. The highest BCUT2D eigenvalue weighted by atomic mass is 32.2. The molecule has 0 spiro atoms. The van der Waals surface area contributed by atoms with Gasteiger partial charge in [0, 0.05) is 30.2 Å². The topological polar surface area (TPSA) is 118 Å². The van der Waals surface area contributed by atoms with Gasteiger partial charge >= 0.3 is 0 Å². The molecule has 2 amide bonds. The van der Waals surface area contributed by atoms with Gasteiger partial charge in [-0.25, -0.2) is 13.4 Å². The lowest BCUT2D eigenvalue weighted by atomic mass is 10.2. The van der Waals surface area contributed by atoms with Crippen LogP contribution >= 0.6 is 35.3 Å². The quantitative estimate of drug-likeness (QED) is 0.296. The number of sulfonamides is 1. The Morgan fingerprint density at radius 2 is 1.89 bits per heavy atom. The minimum Gasteiger partial charge on any atom is -0.497 e. The molecular formula is C23H20N4O5S4. The average molecular weight is 561 g/mol. The molecule has 9 nitrogen and oxygen atoms in total. The fraction of sp³-hybridized carbons (Fsp3) is 0.130. The van der Waals surface area contributed by atoms with E-state index in [1.165, 1.54) is 58.5 Å². The van der Waals surface area contributed by atoms with Crippen molar-refractivity contribution in [2.75, 3.05) is 23.7 Å². The Morgan fingerprint density at radius 1 is 1.17 bits per heavy atom. The Bertz CT molecular complexity index is 1400. The Balaban J connectivity index is 1.32. The summed E-state index contributed by atoms with van der Waals surface area (Å²) in [4.78, 5) is 31.1. The Morgan fingerprint density at radius 3 is 2.53 bits per heavy atom. The van der Waals surface area contributed by atoms with Crippen LogP contribution in [0.4, 0.5) is 10.8 Å². The third-order valence-electron chi connectivity index (χ3n) is 4.95. The predicted molar refractivity (Wildman–Crippen MR) is 145 cm³/mol. The number of nitrogens with one attached hydrogen (secondary N) is 2. The van der Waals surface area contributed by atoms with Gasteiger partial charge in [-0.2, -0.15) is 0 Å². The lowest BCUT2D eigenvalue weighted by Gasteiger charge is -2.14. The molecule has 36 heavy (non-hydrogen) atoms. The molecule has 0 unspecified atom stereocenters. The van der Waals surface area contributed by atoms with Gasteiger partial charge < -0.3 is 10.1 Å². The molecule has 0 radical (unpaired) electrons. The monoisotopic (exact) mass is 560 g/mol. The van der Waals surface area contributed by atoms with Crippen molar-refractivity contribution in [2.45, 2.75) is 11.3 Å². The van der Waals surface area contributed by atoms with E-state index in [-0.39, 0.29) is 34.8 Å². The van der Waals surface area contributed by atoms with Crippen molar-refractivity contribution < 1.29 is 22.7 Å². The van der Waals surface area contributed by atoms with E-state index >= 15 is 0 Å². The van der Waals surface area contributed by atoms with Crippen LogP contribution in [0.25, 0.3) is 6.08 Å². The van der Waals surface area contributed by atoms with Crippen molar-refractivity contribution in [3.63, 3.8) is 0 Å². The molecule has 0 bridgehead atoms. The first-order valence-corrected chi connectivity index (χ1v) is 14.1. The number of hydrogen-bond acceptors (Lipinski definition) is 9. The second-order valence-corrected chi connectivity index (χ2v) is 11.6. The predicted octanol–water partition coefficient (Wildman–Crippen LogP) is 4.18. The molecule has 2 aromatic carbocycles. The van der Waals surface area contributed by atoms with E-state index in [4.69, 9.17) is 17.0 Å². The standard InChI is InChI=1S/C23H20N4O5S4/c1-32-17-6-2-15(3-7-17)14-19-21(29)27(23(33)35-19)12-10-20(28)25-16-4-8-18(9-5-16)36(30,31)26-22-24-11-13-34-22/h2-9,11,13-14H,10,12H2,1H3,(H,24,26)(H,25,28)/b19-14+. The number of thiocarbonyl (C=S) groups is 1. The van der Waals surface area contributed by atoms with Gasteiger partial charge in [0.15, 0.2) is 5.13 Å². The molecule has 0 atom stereocenters. The summed E-state index contributed by atoms with van der Waals surface area (Å²) in [6.45, 7) is 0.126. The number of anilines is 2. The van der Waals surface area contributed by atoms with Crippen molar-refractivity contribution in [2.24, 2.45) is 0 Å². The molecule has 1 aliphatic heterocycles. The summed E-state index contributed by atoms with van der Waals surface area (Å²) in [5, 5.41) is 4.63. The summed E-state index contributed by atoms with van der Waals surface area (Å²) in [6, 6.07) is 13.0. The van der Waals surface area contributed by atoms with Gasteiger partial charge in [-0.3, -0.25) is 19.2 Å². The number of thioether (sulfide) groups is 1. The maximum absolute atomic E-state index is 12.8. The minimum atomic E-state index is -3.78. The fourth-order valence-corrected chi connectivity index (χ4v) is 6.24. The molecule has 1 saturated heterocycles. The van der Waals surface area contributed by atoms with E-state index in [1.54, 1.807) is 30.7 Å². The van der Waals surface area contributed by atoms with Gasteiger partial charge in [-0.15, -0.1) is 11.3 Å². The summed E-state index contributed by atoms with van der Waals surface area (Å²) >= 11 is 7.69. The summed E-state index contributed by atoms with van der Waals surface area (Å²) in [5.41, 5.74) is 1.26. The van der Waals surface area contributed by atoms with Gasteiger partial charge in [0.2, 0.25) is 5.91 Å². The molecule has 0 aliphatic carbocycles. The third kappa shape index (κ3) is 6.29. The first-order chi connectivity index (χ1) is 17.2. The first kappa shape index (κ1) is 25.8. The molecule has 1 fully saturated rings. The first-order valence-electron chi connectivity index (χ1n) is 10.5. The van der Waals surface area contributed by atoms with Crippen LogP contribution in [0.1, 0.15) is 12.0 Å². The number of aromatic nitrogens is 1. The Labute approximate surface area is 221 Å². The number of carbonyl (C=O) groups excluding carboxylic acids is 2. The van der Waals surface area contributed by atoms with Crippen LogP contribution in [-0.4, -0.2) is 48.1 Å². The summed E-state index contributed by atoms with van der Waals surface area (Å²) in [5.74, 6) is 0.130. The van der Waals surface area contributed by atoms with E-state index in [2.05, 4.69) is 15.0 Å². The molecule has 13 heteroatoms. The summed E-state index contributed by atoms with van der Waals surface area (Å²) in [7, 11) is -2.20. The van der Waals surface area contributed by atoms with Crippen molar-refractivity contribution in [1.82, 2.24) is 9.88 Å². The fourth-order valence-electron chi connectivity index (χ4n) is 3.15. The number of carbonyl (C=O) groups is 2.